The molecule has 94 valence electrons. The Bertz CT molecular complexity index is 203. The standard InChI is InChI=1S/C15H29N/c1-11(2)9-16-10-14-8-15(14)13-6-4-12(3)5-7-13/h11-16H,4-10H2,1-3H3. The number of hydrogen-bond acceptors (Lipinski definition) is 1. The van der Waals surface area contributed by atoms with Crippen LogP contribution >= 0.6 is 0 Å². The Labute approximate surface area is 101 Å². The molecule has 0 amide bonds. The first-order valence-corrected chi connectivity index (χ1v) is 7.37. The highest BCUT2D eigenvalue weighted by atomic mass is 14.9. The average molecular weight is 223 g/mol. The topological polar surface area (TPSA) is 12.0 Å². The summed E-state index contributed by atoms with van der Waals surface area (Å²) in [5.41, 5.74) is 0. The lowest BCUT2D eigenvalue weighted by molar-refractivity contribution is 0.256. The van der Waals surface area contributed by atoms with Gasteiger partial charge in [-0.1, -0.05) is 33.6 Å². The molecule has 0 saturated heterocycles. The van der Waals surface area contributed by atoms with Crippen LogP contribution < -0.4 is 5.32 Å². The van der Waals surface area contributed by atoms with Crippen molar-refractivity contribution >= 4 is 0 Å². The maximum absolute atomic E-state index is 3.62. The van der Waals surface area contributed by atoms with Crippen LogP contribution in [-0.4, -0.2) is 13.1 Å². The first kappa shape index (κ1) is 12.4. The van der Waals surface area contributed by atoms with Crippen molar-refractivity contribution in [1.29, 1.82) is 0 Å². The van der Waals surface area contributed by atoms with Gasteiger partial charge in [-0.3, -0.25) is 0 Å². The van der Waals surface area contributed by atoms with Crippen LogP contribution in [0.4, 0.5) is 0 Å². The maximum Gasteiger partial charge on any atom is -0.00175 e. The molecule has 0 bridgehead atoms. The second-order valence-corrected chi connectivity index (χ2v) is 6.73. The number of hydrogen-bond donors (Lipinski definition) is 1. The van der Waals surface area contributed by atoms with Crippen molar-refractivity contribution in [3.8, 4) is 0 Å². The third-order valence-corrected chi connectivity index (χ3v) is 4.60. The van der Waals surface area contributed by atoms with E-state index in [-0.39, 0.29) is 0 Å². The van der Waals surface area contributed by atoms with Gasteiger partial charge in [0.1, 0.15) is 0 Å². The van der Waals surface area contributed by atoms with Crippen LogP contribution in [0.2, 0.25) is 0 Å². The summed E-state index contributed by atoms with van der Waals surface area (Å²) in [6.07, 6.45) is 7.55. The van der Waals surface area contributed by atoms with Crippen LogP contribution in [0.25, 0.3) is 0 Å². The quantitative estimate of drug-likeness (QED) is 0.749. The van der Waals surface area contributed by atoms with Gasteiger partial charge < -0.3 is 5.32 Å². The third kappa shape index (κ3) is 3.48. The molecule has 2 fully saturated rings. The first-order chi connectivity index (χ1) is 7.66. The summed E-state index contributed by atoms with van der Waals surface area (Å²) in [6.45, 7) is 9.49. The molecule has 2 saturated carbocycles. The van der Waals surface area contributed by atoms with Crippen LogP contribution in [0.1, 0.15) is 52.9 Å². The number of nitrogens with one attached hydrogen (secondary N) is 1. The highest BCUT2D eigenvalue weighted by molar-refractivity contribution is 4.93. The van der Waals surface area contributed by atoms with Gasteiger partial charge in [0.25, 0.3) is 0 Å². The Balaban J connectivity index is 1.59. The van der Waals surface area contributed by atoms with Crippen LogP contribution in [0.5, 0.6) is 0 Å². The monoisotopic (exact) mass is 223 g/mol. The third-order valence-electron chi connectivity index (χ3n) is 4.60. The summed E-state index contributed by atoms with van der Waals surface area (Å²) in [5.74, 6) is 5.01. The highest BCUT2D eigenvalue weighted by Crippen LogP contribution is 2.49. The molecule has 2 atom stereocenters. The Morgan fingerprint density at radius 2 is 1.81 bits per heavy atom. The van der Waals surface area contributed by atoms with Crippen molar-refractivity contribution in [2.45, 2.75) is 52.9 Å². The molecular weight excluding hydrogens is 194 g/mol. The summed E-state index contributed by atoms with van der Waals surface area (Å²) in [4.78, 5) is 0. The summed E-state index contributed by atoms with van der Waals surface area (Å²) >= 11 is 0. The van der Waals surface area contributed by atoms with E-state index in [1.807, 2.05) is 0 Å². The molecule has 2 aliphatic carbocycles. The van der Waals surface area contributed by atoms with Crippen molar-refractivity contribution in [2.75, 3.05) is 13.1 Å². The van der Waals surface area contributed by atoms with Gasteiger partial charge in [0.15, 0.2) is 0 Å². The van der Waals surface area contributed by atoms with E-state index in [1.165, 1.54) is 45.2 Å². The van der Waals surface area contributed by atoms with Crippen LogP contribution in [0, 0.1) is 29.6 Å². The van der Waals surface area contributed by atoms with E-state index in [1.54, 1.807) is 0 Å². The molecule has 0 aliphatic heterocycles. The minimum atomic E-state index is 0.799. The fourth-order valence-electron chi connectivity index (χ4n) is 3.35. The molecule has 1 N–H and O–H groups in total. The predicted octanol–water partition coefficient (Wildman–Crippen LogP) is 3.69. The smallest absolute Gasteiger partial charge is 0.00175 e. The molecular formula is C15H29N. The normalized spacial score (nSPS) is 39.0. The zero-order valence-corrected chi connectivity index (χ0v) is 11.3. The van der Waals surface area contributed by atoms with Gasteiger partial charge in [0.05, 0.1) is 0 Å². The minimum absolute atomic E-state index is 0.799. The molecule has 0 radical (unpaired) electrons. The average Bonchev–Trinajstić information content (AvgIpc) is 2.98. The van der Waals surface area contributed by atoms with Gasteiger partial charge in [-0.05, 0) is 61.9 Å². The van der Waals surface area contributed by atoms with E-state index in [4.69, 9.17) is 0 Å². The van der Waals surface area contributed by atoms with Crippen molar-refractivity contribution in [3.63, 3.8) is 0 Å². The molecule has 2 rings (SSSR count). The lowest BCUT2D eigenvalue weighted by Gasteiger charge is -2.26. The Hall–Kier alpha value is -0.0400. The maximum atomic E-state index is 3.62. The van der Waals surface area contributed by atoms with E-state index in [0.717, 1.165) is 29.6 Å². The lowest BCUT2D eigenvalue weighted by atomic mass is 9.80. The van der Waals surface area contributed by atoms with Crippen molar-refractivity contribution in [1.82, 2.24) is 5.32 Å². The molecule has 0 spiro atoms. The molecule has 0 aromatic carbocycles. The molecule has 0 aromatic rings. The van der Waals surface area contributed by atoms with E-state index < -0.39 is 0 Å². The SMILES string of the molecule is CC(C)CNCC1CC1C1CCC(C)CC1. The van der Waals surface area contributed by atoms with Crippen molar-refractivity contribution < 1.29 is 0 Å². The Kier molecular flexibility index (Phi) is 4.29. The lowest BCUT2D eigenvalue weighted by Crippen LogP contribution is -2.23. The van der Waals surface area contributed by atoms with Crippen molar-refractivity contribution in [2.24, 2.45) is 29.6 Å². The summed E-state index contributed by atoms with van der Waals surface area (Å²) < 4.78 is 0. The first-order valence-electron chi connectivity index (χ1n) is 7.37. The summed E-state index contributed by atoms with van der Waals surface area (Å²) in [6, 6.07) is 0. The van der Waals surface area contributed by atoms with Crippen LogP contribution in [-0.2, 0) is 0 Å². The van der Waals surface area contributed by atoms with E-state index in [0.29, 0.717) is 0 Å². The fraction of sp³-hybridized carbons (Fsp3) is 1.00. The molecule has 0 heterocycles. The molecule has 16 heavy (non-hydrogen) atoms. The summed E-state index contributed by atoms with van der Waals surface area (Å²) in [7, 11) is 0. The Morgan fingerprint density at radius 1 is 1.12 bits per heavy atom. The molecule has 1 heteroatoms. The predicted molar refractivity (Wildman–Crippen MR) is 70.4 cm³/mol. The molecule has 2 unspecified atom stereocenters. The molecule has 0 aromatic heterocycles. The van der Waals surface area contributed by atoms with Gasteiger partial charge in [-0.15, -0.1) is 0 Å². The van der Waals surface area contributed by atoms with E-state index in [2.05, 4.69) is 26.1 Å². The zero-order valence-electron chi connectivity index (χ0n) is 11.3. The zero-order chi connectivity index (χ0) is 11.5. The van der Waals surface area contributed by atoms with E-state index in [9.17, 15) is 0 Å². The largest absolute Gasteiger partial charge is 0.316 e. The minimum Gasteiger partial charge on any atom is -0.316 e. The Morgan fingerprint density at radius 3 is 2.44 bits per heavy atom. The van der Waals surface area contributed by atoms with Gasteiger partial charge in [0.2, 0.25) is 0 Å². The van der Waals surface area contributed by atoms with Gasteiger partial charge >= 0.3 is 0 Å². The van der Waals surface area contributed by atoms with Crippen LogP contribution in [0.3, 0.4) is 0 Å². The highest BCUT2D eigenvalue weighted by Gasteiger charge is 2.42. The van der Waals surface area contributed by atoms with Gasteiger partial charge in [-0.2, -0.15) is 0 Å². The van der Waals surface area contributed by atoms with E-state index >= 15 is 0 Å². The second-order valence-electron chi connectivity index (χ2n) is 6.73. The second kappa shape index (κ2) is 5.53. The van der Waals surface area contributed by atoms with Crippen molar-refractivity contribution in [3.05, 3.63) is 0 Å². The number of rotatable bonds is 5. The fourth-order valence-corrected chi connectivity index (χ4v) is 3.35. The molecule has 2 aliphatic rings. The molecule has 1 nitrogen and oxygen atoms in total. The van der Waals surface area contributed by atoms with Gasteiger partial charge in [-0.25, -0.2) is 0 Å². The summed E-state index contributed by atoms with van der Waals surface area (Å²) in [5, 5.41) is 3.62. The van der Waals surface area contributed by atoms with Gasteiger partial charge in [0, 0.05) is 0 Å². The van der Waals surface area contributed by atoms with Crippen LogP contribution in [0.15, 0.2) is 0 Å².